The highest BCUT2D eigenvalue weighted by Crippen LogP contribution is 2.19. The molecule has 0 fully saturated rings. The molecule has 0 aromatic carbocycles. The van der Waals surface area contributed by atoms with Gasteiger partial charge in [-0.05, 0) is 19.6 Å². The lowest BCUT2D eigenvalue weighted by Gasteiger charge is -2.13. The third kappa shape index (κ3) is 3.86. The van der Waals surface area contributed by atoms with Crippen molar-refractivity contribution in [3.8, 4) is 5.88 Å². The molecule has 6 heteroatoms. The second kappa shape index (κ2) is 6.55. The maximum absolute atomic E-state index is 5.68. The molecule has 0 spiro atoms. The highest BCUT2D eigenvalue weighted by molar-refractivity contribution is 7.98. The van der Waals surface area contributed by atoms with Crippen molar-refractivity contribution in [1.82, 2.24) is 9.97 Å². The number of ether oxygens (including phenoxy) is 1. The summed E-state index contributed by atoms with van der Waals surface area (Å²) < 4.78 is 5.68. The molecule has 0 aliphatic heterocycles. The average Bonchev–Trinajstić information content (AvgIpc) is 2.28. The summed E-state index contributed by atoms with van der Waals surface area (Å²) in [5.41, 5.74) is 2.50. The van der Waals surface area contributed by atoms with E-state index in [9.17, 15) is 0 Å². The van der Waals surface area contributed by atoms with E-state index in [4.69, 9.17) is 10.6 Å². The number of hydrogen-bond acceptors (Lipinski definition) is 6. The molecule has 5 nitrogen and oxygen atoms in total. The molecule has 1 unspecified atom stereocenters. The van der Waals surface area contributed by atoms with Crippen LogP contribution in [0.5, 0.6) is 5.88 Å². The minimum Gasteiger partial charge on any atom is -0.474 e. The Morgan fingerprint density at radius 3 is 2.88 bits per heavy atom. The fourth-order valence-electron chi connectivity index (χ4n) is 1.30. The van der Waals surface area contributed by atoms with Gasteiger partial charge in [-0.15, -0.1) is 0 Å². The average molecular weight is 242 g/mol. The third-order valence-electron chi connectivity index (χ3n) is 2.03. The molecule has 1 rings (SSSR count). The van der Waals surface area contributed by atoms with E-state index in [0.717, 1.165) is 12.8 Å². The van der Waals surface area contributed by atoms with Crippen molar-refractivity contribution >= 4 is 17.6 Å². The second-order valence-electron chi connectivity index (χ2n) is 3.44. The van der Waals surface area contributed by atoms with Gasteiger partial charge in [0.05, 0.1) is 6.10 Å². The van der Waals surface area contributed by atoms with Crippen LogP contribution in [0.1, 0.15) is 26.7 Å². The fourth-order valence-corrected chi connectivity index (χ4v) is 1.67. The summed E-state index contributed by atoms with van der Waals surface area (Å²) in [4.78, 5) is 8.42. The summed E-state index contributed by atoms with van der Waals surface area (Å²) in [5, 5.41) is 0.647. The first-order valence-electron chi connectivity index (χ1n) is 5.26. The largest absolute Gasteiger partial charge is 0.474 e. The zero-order chi connectivity index (χ0) is 12.0. The van der Waals surface area contributed by atoms with E-state index in [2.05, 4.69) is 22.3 Å². The van der Waals surface area contributed by atoms with E-state index in [0.29, 0.717) is 16.9 Å². The highest BCUT2D eigenvalue weighted by atomic mass is 32.2. The van der Waals surface area contributed by atoms with E-state index in [1.807, 2.05) is 13.2 Å². The topological polar surface area (TPSA) is 73.1 Å². The molecule has 1 atom stereocenters. The van der Waals surface area contributed by atoms with E-state index in [1.165, 1.54) is 11.8 Å². The van der Waals surface area contributed by atoms with Crippen LogP contribution in [0.4, 0.5) is 5.82 Å². The number of rotatable bonds is 6. The monoisotopic (exact) mass is 242 g/mol. The molecule has 0 bridgehead atoms. The number of nitrogens with two attached hydrogens (primary N) is 1. The molecule has 16 heavy (non-hydrogen) atoms. The molecule has 3 N–H and O–H groups in total. The zero-order valence-corrected chi connectivity index (χ0v) is 10.7. The summed E-state index contributed by atoms with van der Waals surface area (Å²) in [5.74, 6) is 6.46. The van der Waals surface area contributed by atoms with Gasteiger partial charge in [0, 0.05) is 6.07 Å². The van der Waals surface area contributed by atoms with Crippen molar-refractivity contribution < 1.29 is 4.74 Å². The normalized spacial score (nSPS) is 12.2. The second-order valence-corrected chi connectivity index (χ2v) is 4.21. The quantitative estimate of drug-likeness (QED) is 0.344. The molecule has 0 saturated heterocycles. The van der Waals surface area contributed by atoms with Crippen LogP contribution < -0.4 is 16.0 Å². The van der Waals surface area contributed by atoms with Gasteiger partial charge in [0.2, 0.25) is 5.88 Å². The standard InChI is InChI=1S/C10H18N4OS/c1-4-5-7(2)15-9-6-8(14-11)12-10(13-9)16-3/h6-7H,4-5,11H2,1-3H3,(H,12,13,14). The summed E-state index contributed by atoms with van der Waals surface area (Å²) in [7, 11) is 0. The SMILES string of the molecule is CCCC(C)Oc1cc(NN)nc(SC)n1. The summed E-state index contributed by atoms with van der Waals surface area (Å²) in [6.45, 7) is 4.15. The lowest BCUT2D eigenvalue weighted by Crippen LogP contribution is -2.14. The molecule has 0 radical (unpaired) electrons. The van der Waals surface area contributed by atoms with Crippen LogP contribution in [-0.2, 0) is 0 Å². The summed E-state index contributed by atoms with van der Waals surface area (Å²) >= 11 is 1.46. The van der Waals surface area contributed by atoms with Crippen LogP contribution in [0, 0.1) is 0 Å². The lowest BCUT2D eigenvalue weighted by atomic mass is 10.2. The Morgan fingerprint density at radius 1 is 1.56 bits per heavy atom. The number of anilines is 1. The predicted molar refractivity (Wildman–Crippen MR) is 66.6 cm³/mol. The van der Waals surface area contributed by atoms with Gasteiger partial charge < -0.3 is 10.2 Å². The Hall–Kier alpha value is -1.01. The van der Waals surface area contributed by atoms with Crippen molar-refractivity contribution in [1.29, 1.82) is 0 Å². The molecule has 0 amide bonds. The van der Waals surface area contributed by atoms with Crippen LogP contribution in [-0.4, -0.2) is 22.3 Å². The van der Waals surface area contributed by atoms with E-state index < -0.39 is 0 Å². The molecule has 0 aliphatic rings. The molecule has 1 heterocycles. The molecule has 0 aliphatic carbocycles. The minimum atomic E-state index is 0.153. The van der Waals surface area contributed by atoms with Crippen molar-refractivity contribution in [2.45, 2.75) is 37.9 Å². The van der Waals surface area contributed by atoms with Gasteiger partial charge in [0.25, 0.3) is 0 Å². The number of thioether (sulfide) groups is 1. The maximum Gasteiger partial charge on any atom is 0.219 e. The van der Waals surface area contributed by atoms with Gasteiger partial charge in [0.15, 0.2) is 5.16 Å². The van der Waals surface area contributed by atoms with E-state index >= 15 is 0 Å². The molecular weight excluding hydrogens is 224 g/mol. The van der Waals surface area contributed by atoms with E-state index in [-0.39, 0.29) is 6.10 Å². The molecular formula is C10H18N4OS. The fraction of sp³-hybridized carbons (Fsp3) is 0.600. The van der Waals surface area contributed by atoms with Crippen molar-refractivity contribution in [3.63, 3.8) is 0 Å². The minimum absolute atomic E-state index is 0.153. The molecule has 0 saturated carbocycles. The number of nitrogen functional groups attached to an aromatic ring is 1. The van der Waals surface area contributed by atoms with Gasteiger partial charge in [-0.3, -0.25) is 0 Å². The van der Waals surface area contributed by atoms with Gasteiger partial charge in [-0.25, -0.2) is 10.8 Å². The van der Waals surface area contributed by atoms with Crippen LogP contribution in [0.3, 0.4) is 0 Å². The Balaban J connectivity index is 2.78. The first-order valence-corrected chi connectivity index (χ1v) is 6.48. The van der Waals surface area contributed by atoms with Gasteiger partial charge in [-0.2, -0.15) is 4.98 Å². The zero-order valence-electron chi connectivity index (χ0n) is 9.86. The van der Waals surface area contributed by atoms with Crippen LogP contribution in [0.2, 0.25) is 0 Å². The maximum atomic E-state index is 5.68. The van der Waals surface area contributed by atoms with Crippen LogP contribution in [0.25, 0.3) is 0 Å². The van der Waals surface area contributed by atoms with Crippen molar-refractivity contribution in [2.24, 2.45) is 5.84 Å². The number of hydrogen-bond donors (Lipinski definition) is 2. The van der Waals surface area contributed by atoms with Gasteiger partial charge >= 0.3 is 0 Å². The smallest absolute Gasteiger partial charge is 0.219 e. The molecule has 1 aromatic rings. The lowest BCUT2D eigenvalue weighted by molar-refractivity contribution is 0.200. The first kappa shape index (κ1) is 13.1. The predicted octanol–water partition coefficient (Wildman–Crippen LogP) is 2.05. The van der Waals surface area contributed by atoms with E-state index in [1.54, 1.807) is 6.07 Å². The Bertz CT molecular complexity index is 312. The Kier molecular flexibility index (Phi) is 5.34. The van der Waals surface area contributed by atoms with Gasteiger partial charge in [-0.1, -0.05) is 25.1 Å². The Labute approximate surface area is 100 Å². The summed E-state index contributed by atoms with van der Waals surface area (Å²) in [6.07, 6.45) is 4.16. The number of nitrogens with one attached hydrogen (secondary N) is 1. The molecule has 90 valence electrons. The van der Waals surface area contributed by atoms with Gasteiger partial charge in [0.1, 0.15) is 5.82 Å². The van der Waals surface area contributed by atoms with Crippen molar-refractivity contribution in [3.05, 3.63) is 6.07 Å². The summed E-state index contributed by atoms with van der Waals surface area (Å²) in [6, 6.07) is 1.70. The molecule has 1 aromatic heterocycles. The van der Waals surface area contributed by atoms with Crippen LogP contribution in [0.15, 0.2) is 11.2 Å². The number of aromatic nitrogens is 2. The highest BCUT2D eigenvalue weighted by Gasteiger charge is 2.07. The van der Waals surface area contributed by atoms with Crippen molar-refractivity contribution in [2.75, 3.05) is 11.7 Å². The third-order valence-corrected chi connectivity index (χ3v) is 2.58. The Morgan fingerprint density at radius 2 is 2.31 bits per heavy atom. The number of nitrogens with zero attached hydrogens (tertiary/aromatic N) is 2. The number of hydrazine groups is 1. The first-order chi connectivity index (χ1) is 7.69. The van der Waals surface area contributed by atoms with Crippen LogP contribution >= 0.6 is 11.8 Å².